The van der Waals surface area contributed by atoms with Gasteiger partial charge < -0.3 is 9.84 Å². The molecule has 58 valence electrons. The topological polar surface area (TPSA) is 46.5 Å². The predicted molar refractivity (Wildman–Crippen MR) is 37.9 cm³/mol. The maximum Gasteiger partial charge on any atom is 0.331 e. The summed E-state index contributed by atoms with van der Waals surface area (Å²) in [5.41, 5.74) is 0.314. The fraction of sp³-hybridized carbons (Fsp3) is 0.571. The van der Waals surface area contributed by atoms with Crippen LogP contribution in [0.5, 0.6) is 0 Å². The Bertz CT molecular complexity index is 149. The van der Waals surface area contributed by atoms with Gasteiger partial charge in [-0.15, -0.1) is 0 Å². The first kappa shape index (κ1) is 9.17. The maximum absolute atomic E-state index is 10.2. The molecule has 0 saturated carbocycles. The summed E-state index contributed by atoms with van der Waals surface area (Å²) < 4.78 is 4.83. The van der Waals surface area contributed by atoms with Crippen molar-refractivity contribution < 1.29 is 14.6 Å². The molecule has 1 unspecified atom stereocenters. The van der Waals surface area contributed by atoms with Gasteiger partial charge in [-0.1, -0.05) is 0 Å². The van der Waals surface area contributed by atoms with Gasteiger partial charge >= 0.3 is 5.97 Å². The van der Waals surface area contributed by atoms with E-state index in [0.29, 0.717) is 5.57 Å². The van der Waals surface area contributed by atoms with Gasteiger partial charge in [0.05, 0.1) is 6.10 Å². The Morgan fingerprint density at radius 1 is 1.70 bits per heavy atom. The van der Waals surface area contributed by atoms with Crippen LogP contribution in [0.3, 0.4) is 0 Å². The number of carbonyl (C=O) groups is 1. The first-order valence-corrected chi connectivity index (χ1v) is 3.02. The molecule has 0 rings (SSSR count). The molecule has 10 heavy (non-hydrogen) atoms. The Kier molecular flexibility index (Phi) is 3.72. The van der Waals surface area contributed by atoms with E-state index in [0.717, 1.165) is 0 Å². The molecule has 0 aromatic heterocycles. The van der Waals surface area contributed by atoms with Crippen molar-refractivity contribution in [3.05, 3.63) is 11.6 Å². The zero-order valence-corrected chi connectivity index (χ0v) is 6.42. The van der Waals surface area contributed by atoms with E-state index >= 15 is 0 Å². The molecule has 0 heterocycles. The number of carboxylic acids is 1. The maximum atomic E-state index is 10.2. The van der Waals surface area contributed by atoms with Gasteiger partial charge in [0.25, 0.3) is 0 Å². The van der Waals surface area contributed by atoms with Crippen LogP contribution in [-0.4, -0.2) is 24.3 Å². The minimum Gasteiger partial charge on any atom is -0.478 e. The number of hydrogen-bond donors (Lipinski definition) is 1. The summed E-state index contributed by atoms with van der Waals surface area (Å²) in [4.78, 5) is 10.2. The molecule has 0 aliphatic heterocycles. The monoisotopic (exact) mass is 144 g/mol. The molecule has 0 saturated heterocycles. The van der Waals surface area contributed by atoms with E-state index in [1.54, 1.807) is 13.0 Å². The molecule has 1 N–H and O–H groups in total. The lowest BCUT2D eigenvalue weighted by molar-refractivity contribution is -0.132. The molecule has 0 aliphatic carbocycles. The second-order valence-corrected chi connectivity index (χ2v) is 2.10. The number of carboxylic acid groups (broad SMARTS) is 1. The third kappa shape index (κ3) is 3.25. The second-order valence-electron chi connectivity index (χ2n) is 2.10. The molecule has 0 spiro atoms. The van der Waals surface area contributed by atoms with Crippen LogP contribution < -0.4 is 0 Å². The highest BCUT2D eigenvalue weighted by molar-refractivity contribution is 5.85. The van der Waals surface area contributed by atoms with Crippen LogP contribution in [-0.2, 0) is 9.53 Å². The van der Waals surface area contributed by atoms with Gasteiger partial charge in [0.1, 0.15) is 0 Å². The summed E-state index contributed by atoms with van der Waals surface area (Å²) >= 11 is 0. The van der Waals surface area contributed by atoms with Crippen molar-refractivity contribution in [1.29, 1.82) is 0 Å². The molecule has 0 radical (unpaired) electrons. The van der Waals surface area contributed by atoms with E-state index < -0.39 is 5.97 Å². The largest absolute Gasteiger partial charge is 0.478 e. The minimum atomic E-state index is -0.899. The van der Waals surface area contributed by atoms with Crippen molar-refractivity contribution in [3.63, 3.8) is 0 Å². The van der Waals surface area contributed by atoms with Gasteiger partial charge in [-0.25, -0.2) is 4.79 Å². The van der Waals surface area contributed by atoms with Crippen molar-refractivity contribution >= 4 is 5.97 Å². The highest BCUT2D eigenvalue weighted by Crippen LogP contribution is 1.97. The highest BCUT2D eigenvalue weighted by atomic mass is 16.5. The molecule has 0 aromatic carbocycles. The van der Waals surface area contributed by atoms with Crippen molar-refractivity contribution in [2.24, 2.45) is 0 Å². The molecule has 0 aliphatic rings. The Labute approximate surface area is 60.3 Å². The first-order chi connectivity index (χ1) is 4.57. The van der Waals surface area contributed by atoms with Gasteiger partial charge in [-0.3, -0.25) is 0 Å². The zero-order valence-electron chi connectivity index (χ0n) is 6.42. The molecule has 0 aromatic rings. The molecule has 0 bridgehead atoms. The van der Waals surface area contributed by atoms with Crippen LogP contribution in [0.4, 0.5) is 0 Å². The molecule has 0 fully saturated rings. The van der Waals surface area contributed by atoms with Crippen molar-refractivity contribution in [3.8, 4) is 0 Å². The van der Waals surface area contributed by atoms with Crippen LogP contribution in [0.15, 0.2) is 11.6 Å². The van der Waals surface area contributed by atoms with E-state index in [9.17, 15) is 4.79 Å². The van der Waals surface area contributed by atoms with Crippen LogP contribution in [0, 0.1) is 0 Å². The average molecular weight is 144 g/mol. The SMILES string of the molecule is COC(C)/C=C(\C)C(=O)O. The van der Waals surface area contributed by atoms with Crippen molar-refractivity contribution in [2.75, 3.05) is 7.11 Å². The summed E-state index contributed by atoms with van der Waals surface area (Å²) in [6, 6.07) is 0. The lowest BCUT2D eigenvalue weighted by Gasteiger charge is -2.02. The molecular weight excluding hydrogens is 132 g/mol. The van der Waals surface area contributed by atoms with Gasteiger partial charge in [-0.05, 0) is 19.9 Å². The van der Waals surface area contributed by atoms with Crippen molar-refractivity contribution in [2.45, 2.75) is 20.0 Å². The summed E-state index contributed by atoms with van der Waals surface area (Å²) in [5, 5.41) is 8.40. The van der Waals surface area contributed by atoms with Gasteiger partial charge in [0.15, 0.2) is 0 Å². The van der Waals surface area contributed by atoms with E-state index in [2.05, 4.69) is 0 Å². The van der Waals surface area contributed by atoms with Crippen LogP contribution in [0.2, 0.25) is 0 Å². The number of rotatable bonds is 3. The van der Waals surface area contributed by atoms with Crippen LogP contribution >= 0.6 is 0 Å². The number of methoxy groups -OCH3 is 1. The second kappa shape index (κ2) is 4.06. The van der Waals surface area contributed by atoms with Crippen molar-refractivity contribution in [1.82, 2.24) is 0 Å². The van der Waals surface area contributed by atoms with E-state index in [-0.39, 0.29) is 6.10 Å². The fourth-order valence-electron chi connectivity index (χ4n) is 0.491. The molecule has 3 heteroatoms. The third-order valence-electron chi connectivity index (χ3n) is 1.19. The number of aliphatic carboxylic acids is 1. The van der Waals surface area contributed by atoms with Gasteiger partial charge in [-0.2, -0.15) is 0 Å². The summed E-state index contributed by atoms with van der Waals surface area (Å²) in [6.07, 6.45) is 1.43. The smallest absolute Gasteiger partial charge is 0.331 e. The third-order valence-corrected chi connectivity index (χ3v) is 1.19. The standard InChI is InChI=1S/C7H12O3/c1-5(7(8)9)4-6(2)10-3/h4,6H,1-3H3,(H,8,9)/b5-4+. The number of hydrogen-bond acceptors (Lipinski definition) is 2. The summed E-state index contributed by atoms with van der Waals surface area (Å²) in [7, 11) is 1.54. The zero-order chi connectivity index (χ0) is 8.15. The minimum absolute atomic E-state index is 0.129. The van der Waals surface area contributed by atoms with E-state index in [1.807, 2.05) is 0 Å². The molecule has 0 amide bonds. The summed E-state index contributed by atoms with van der Waals surface area (Å²) in [6.45, 7) is 3.32. The first-order valence-electron chi connectivity index (χ1n) is 3.02. The van der Waals surface area contributed by atoms with E-state index in [1.165, 1.54) is 14.0 Å². The normalized spacial score (nSPS) is 14.9. The van der Waals surface area contributed by atoms with Crippen LogP contribution in [0.1, 0.15) is 13.8 Å². The fourth-order valence-corrected chi connectivity index (χ4v) is 0.491. The van der Waals surface area contributed by atoms with Crippen LogP contribution in [0.25, 0.3) is 0 Å². The quantitative estimate of drug-likeness (QED) is 0.602. The predicted octanol–water partition coefficient (Wildman–Crippen LogP) is 1.05. The Morgan fingerprint density at radius 3 is 2.50 bits per heavy atom. The Morgan fingerprint density at radius 2 is 2.20 bits per heavy atom. The lowest BCUT2D eigenvalue weighted by atomic mass is 10.2. The Hall–Kier alpha value is -0.830. The van der Waals surface area contributed by atoms with Gasteiger partial charge in [0.2, 0.25) is 0 Å². The molecule has 1 atom stereocenters. The number of ether oxygens (including phenoxy) is 1. The molecule has 3 nitrogen and oxygen atoms in total. The Balaban J connectivity index is 4.02. The van der Waals surface area contributed by atoms with E-state index in [4.69, 9.17) is 9.84 Å². The molecular formula is C7H12O3. The lowest BCUT2D eigenvalue weighted by Crippen LogP contribution is -2.04. The average Bonchev–Trinajstić information content (AvgIpc) is 1.87. The van der Waals surface area contributed by atoms with Gasteiger partial charge in [0, 0.05) is 12.7 Å². The summed E-state index contributed by atoms with van der Waals surface area (Å²) in [5.74, 6) is -0.899. The highest BCUT2D eigenvalue weighted by Gasteiger charge is 2.01.